The van der Waals surface area contributed by atoms with E-state index in [1.807, 2.05) is 0 Å². The number of fused-ring (bicyclic) bond motifs is 1. The highest BCUT2D eigenvalue weighted by atomic mass is 19.1. The number of pyridine rings is 1. The van der Waals surface area contributed by atoms with Crippen LogP contribution in [0.4, 0.5) is 4.39 Å². The molecule has 0 unspecified atom stereocenters. The molecule has 9 heteroatoms. The van der Waals surface area contributed by atoms with Crippen LogP contribution in [0.3, 0.4) is 0 Å². The van der Waals surface area contributed by atoms with Crippen LogP contribution in [0.25, 0.3) is 5.69 Å². The summed E-state index contributed by atoms with van der Waals surface area (Å²) in [6.45, 7) is 0.547. The molecule has 162 valence electrons. The zero-order valence-electron chi connectivity index (χ0n) is 17.1. The smallest absolute Gasteiger partial charge is 0.291 e. The Morgan fingerprint density at radius 1 is 1.09 bits per heavy atom. The summed E-state index contributed by atoms with van der Waals surface area (Å²) in [5.74, 6) is -1.06. The molecular weight excluding hydrogens is 413 g/mol. The minimum absolute atomic E-state index is 0.0850. The second kappa shape index (κ2) is 7.99. The lowest BCUT2D eigenvalue weighted by atomic mass is 9.95. The molecule has 0 atom stereocenters. The maximum Gasteiger partial charge on any atom is 0.291 e. The van der Waals surface area contributed by atoms with Crippen LogP contribution >= 0.6 is 0 Å². The summed E-state index contributed by atoms with van der Waals surface area (Å²) in [5.41, 5.74) is 1.39. The van der Waals surface area contributed by atoms with E-state index in [1.165, 1.54) is 41.2 Å². The number of aromatic nitrogens is 3. The molecule has 3 heterocycles. The van der Waals surface area contributed by atoms with E-state index in [4.69, 9.17) is 0 Å². The van der Waals surface area contributed by atoms with Crippen molar-refractivity contribution < 1.29 is 14.0 Å². The van der Waals surface area contributed by atoms with E-state index in [2.05, 4.69) is 15.3 Å². The number of hydrogen-bond donors (Lipinski definition) is 1. The van der Waals surface area contributed by atoms with Crippen molar-refractivity contribution in [1.29, 1.82) is 0 Å². The number of carbonyl (C=O) groups is 2. The van der Waals surface area contributed by atoms with Crippen LogP contribution in [0.5, 0.6) is 0 Å². The van der Waals surface area contributed by atoms with Crippen LogP contribution in [0.1, 0.15) is 44.9 Å². The van der Waals surface area contributed by atoms with Gasteiger partial charge in [0.2, 0.25) is 5.82 Å². The van der Waals surface area contributed by atoms with Crippen molar-refractivity contribution in [2.24, 2.45) is 0 Å². The predicted octanol–water partition coefficient (Wildman–Crippen LogP) is 1.86. The van der Waals surface area contributed by atoms with Gasteiger partial charge >= 0.3 is 0 Å². The fourth-order valence-electron chi connectivity index (χ4n) is 3.89. The third-order valence-corrected chi connectivity index (χ3v) is 5.69. The summed E-state index contributed by atoms with van der Waals surface area (Å²) >= 11 is 0. The maximum absolute atomic E-state index is 13.4. The summed E-state index contributed by atoms with van der Waals surface area (Å²) in [6, 6.07) is 7.20. The monoisotopic (exact) mass is 433 g/mol. The van der Waals surface area contributed by atoms with E-state index in [9.17, 15) is 18.8 Å². The summed E-state index contributed by atoms with van der Waals surface area (Å²) in [5, 5.41) is 2.90. The molecule has 2 aromatic heterocycles. The van der Waals surface area contributed by atoms with Gasteiger partial charge in [-0.25, -0.2) is 14.4 Å². The second-order valence-corrected chi connectivity index (χ2v) is 7.96. The van der Waals surface area contributed by atoms with Gasteiger partial charge in [-0.1, -0.05) is 0 Å². The minimum atomic E-state index is -0.459. The molecule has 1 aliphatic carbocycles. The van der Waals surface area contributed by atoms with E-state index in [1.54, 1.807) is 17.2 Å². The fraction of sp³-hybridized carbons (Fsp3) is 0.261. The van der Waals surface area contributed by atoms with Gasteiger partial charge in [-0.2, -0.15) is 0 Å². The van der Waals surface area contributed by atoms with Gasteiger partial charge in [0, 0.05) is 43.4 Å². The number of nitrogens with zero attached hydrogens (tertiary/aromatic N) is 4. The fourth-order valence-corrected chi connectivity index (χ4v) is 3.89. The molecule has 1 aliphatic heterocycles. The first-order chi connectivity index (χ1) is 15.5. The molecule has 5 rings (SSSR count). The van der Waals surface area contributed by atoms with Gasteiger partial charge in [0.15, 0.2) is 0 Å². The third-order valence-electron chi connectivity index (χ3n) is 5.69. The van der Waals surface area contributed by atoms with Crippen LogP contribution in [0.15, 0.2) is 53.7 Å². The first-order valence-corrected chi connectivity index (χ1v) is 10.4. The molecule has 0 saturated heterocycles. The largest absolute Gasteiger partial charge is 0.349 e. The first kappa shape index (κ1) is 20.0. The highest BCUT2D eigenvalue weighted by Crippen LogP contribution is 2.25. The van der Waals surface area contributed by atoms with Crippen molar-refractivity contribution in [3.63, 3.8) is 0 Å². The molecule has 2 amide bonds. The molecule has 1 fully saturated rings. The Balaban J connectivity index is 1.57. The molecule has 32 heavy (non-hydrogen) atoms. The Morgan fingerprint density at radius 3 is 2.50 bits per heavy atom. The van der Waals surface area contributed by atoms with Gasteiger partial charge in [-0.15, -0.1) is 0 Å². The molecule has 1 N–H and O–H groups in total. The van der Waals surface area contributed by atoms with E-state index in [0.29, 0.717) is 29.8 Å². The first-order valence-electron chi connectivity index (χ1n) is 10.4. The predicted molar refractivity (Wildman–Crippen MR) is 113 cm³/mol. The maximum atomic E-state index is 13.4. The van der Waals surface area contributed by atoms with E-state index in [0.717, 1.165) is 12.8 Å². The number of rotatable bonds is 4. The SMILES string of the molecule is O=C(NC1CC1)c1c2c(cn(-c3ccc(F)cc3)c1=O)CN(C(=O)c1ncccn1)CC2. The summed E-state index contributed by atoms with van der Waals surface area (Å²) < 4.78 is 14.8. The standard InChI is InChI=1S/C23H20FN5O3/c24-15-2-6-17(7-3-15)29-13-14-12-28(23(32)20-25-9-1-10-26-20)11-8-18(14)19(22(29)31)21(30)27-16-4-5-16/h1-3,6-7,9-10,13,16H,4-5,8,11-12H2,(H,27,30). The average molecular weight is 433 g/mol. The molecule has 3 aromatic rings. The van der Waals surface area contributed by atoms with Gasteiger partial charge in [0.25, 0.3) is 17.4 Å². The zero-order chi connectivity index (χ0) is 22.2. The number of halogens is 1. The highest BCUT2D eigenvalue weighted by molar-refractivity contribution is 5.96. The molecule has 2 aliphatic rings. The van der Waals surface area contributed by atoms with Gasteiger partial charge in [0.05, 0.1) is 0 Å². The van der Waals surface area contributed by atoms with Gasteiger partial charge in [0.1, 0.15) is 11.4 Å². The topological polar surface area (TPSA) is 97.2 Å². The molecule has 8 nitrogen and oxygen atoms in total. The van der Waals surface area contributed by atoms with Crippen molar-refractivity contribution in [1.82, 2.24) is 24.8 Å². The van der Waals surface area contributed by atoms with Crippen molar-refractivity contribution in [3.8, 4) is 5.69 Å². The van der Waals surface area contributed by atoms with Crippen molar-refractivity contribution >= 4 is 11.8 Å². The normalized spacial score (nSPS) is 15.2. The molecular formula is C23H20FN5O3. The van der Waals surface area contributed by atoms with Crippen LogP contribution < -0.4 is 10.9 Å². The van der Waals surface area contributed by atoms with Crippen LogP contribution in [0.2, 0.25) is 0 Å². The highest BCUT2D eigenvalue weighted by Gasteiger charge is 2.31. The minimum Gasteiger partial charge on any atom is -0.349 e. The molecule has 0 radical (unpaired) electrons. The summed E-state index contributed by atoms with van der Waals surface area (Å²) in [6.07, 6.45) is 6.79. The van der Waals surface area contributed by atoms with Crippen molar-refractivity contribution in [2.75, 3.05) is 6.54 Å². The Kier molecular flexibility index (Phi) is 5.01. The Labute approximate surface area is 182 Å². The average Bonchev–Trinajstić information content (AvgIpc) is 3.63. The van der Waals surface area contributed by atoms with E-state index >= 15 is 0 Å². The van der Waals surface area contributed by atoms with Crippen molar-refractivity contribution in [2.45, 2.75) is 31.8 Å². The van der Waals surface area contributed by atoms with E-state index in [-0.39, 0.29) is 29.9 Å². The zero-order valence-corrected chi connectivity index (χ0v) is 17.1. The van der Waals surface area contributed by atoms with Gasteiger partial charge in [-0.05, 0) is 60.7 Å². The molecule has 1 aromatic carbocycles. The lowest BCUT2D eigenvalue weighted by Gasteiger charge is -2.30. The Bertz CT molecular complexity index is 1250. The number of amides is 2. The number of benzene rings is 1. The number of carbonyl (C=O) groups excluding carboxylic acids is 2. The summed E-state index contributed by atoms with van der Waals surface area (Å²) in [7, 11) is 0. The van der Waals surface area contributed by atoms with Crippen LogP contribution in [-0.2, 0) is 13.0 Å². The van der Waals surface area contributed by atoms with Crippen LogP contribution in [-0.4, -0.2) is 43.8 Å². The Morgan fingerprint density at radius 2 is 1.81 bits per heavy atom. The van der Waals surface area contributed by atoms with Gasteiger partial charge < -0.3 is 10.2 Å². The van der Waals surface area contributed by atoms with Crippen LogP contribution in [0, 0.1) is 5.82 Å². The lowest BCUT2D eigenvalue weighted by molar-refractivity contribution is 0.0721. The summed E-state index contributed by atoms with van der Waals surface area (Å²) in [4.78, 5) is 48.8. The number of nitrogens with one attached hydrogen (secondary N) is 1. The van der Waals surface area contributed by atoms with E-state index < -0.39 is 17.3 Å². The quantitative estimate of drug-likeness (QED) is 0.678. The molecule has 1 saturated carbocycles. The second-order valence-electron chi connectivity index (χ2n) is 7.96. The third kappa shape index (κ3) is 3.77. The van der Waals surface area contributed by atoms with Crippen molar-refractivity contribution in [3.05, 3.63) is 87.6 Å². The molecule has 0 bridgehead atoms. The lowest BCUT2D eigenvalue weighted by Crippen LogP contribution is -2.41. The van der Waals surface area contributed by atoms with Gasteiger partial charge in [-0.3, -0.25) is 19.0 Å². The number of hydrogen-bond acceptors (Lipinski definition) is 5. The molecule has 0 spiro atoms. The Hall–Kier alpha value is -3.88.